The maximum atomic E-state index is 8.99. The molecule has 0 spiro atoms. The van der Waals surface area contributed by atoms with Crippen LogP contribution in [0.5, 0.6) is 6.01 Å². The fourth-order valence-corrected chi connectivity index (χ4v) is 3.79. The van der Waals surface area contributed by atoms with Gasteiger partial charge in [-0.1, -0.05) is 12.1 Å². The molecule has 2 aromatic heterocycles. The normalized spacial score (nSPS) is 16.5. The fraction of sp³-hybridized carbons (Fsp3) is 0.316. The third-order valence-corrected chi connectivity index (χ3v) is 5.32. The average molecular weight is 449 g/mol. The zero-order valence-electron chi connectivity index (χ0n) is 14.6. The standard InChI is InChI=1S/C19H18BrN5O.ClH/c20-16-17(15-5-3-13(10-21)4-6-15)24-19(25-9-8-23-18(16)25)26-12-14-2-1-7-22-11-14;/h3-6,8-9,14,22H,1-2,7,11-12H2;1H/t14-;/m1./s1. The zero-order valence-corrected chi connectivity index (χ0v) is 17.0. The Labute approximate surface area is 172 Å². The van der Waals surface area contributed by atoms with Gasteiger partial charge in [-0.3, -0.25) is 4.40 Å². The van der Waals surface area contributed by atoms with Crippen LogP contribution in [0, 0.1) is 17.2 Å². The number of nitrogens with one attached hydrogen (secondary N) is 1. The summed E-state index contributed by atoms with van der Waals surface area (Å²) < 4.78 is 8.74. The number of piperidine rings is 1. The molecular weight excluding hydrogens is 430 g/mol. The minimum atomic E-state index is 0. The zero-order chi connectivity index (χ0) is 17.9. The molecule has 1 aliphatic heterocycles. The predicted molar refractivity (Wildman–Crippen MR) is 109 cm³/mol. The first-order valence-electron chi connectivity index (χ1n) is 8.63. The van der Waals surface area contributed by atoms with Crippen molar-refractivity contribution in [1.82, 2.24) is 19.7 Å². The molecular formula is C19H19BrClN5O. The van der Waals surface area contributed by atoms with Crippen molar-refractivity contribution in [1.29, 1.82) is 5.26 Å². The Morgan fingerprint density at radius 2 is 2.15 bits per heavy atom. The minimum absolute atomic E-state index is 0. The van der Waals surface area contributed by atoms with Gasteiger partial charge in [0.1, 0.15) is 0 Å². The molecule has 0 bridgehead atoms. The van der Waals surface area contributed by atoms with Crippen molar-refractivity contribution < 1.29 is 4.74 Å². The number of nitrogens with zero attached hydrogens (tertiary/aromatic N) is 4. The first-order valence-corrected chi connectivity index (χ1v) is 9.42. The lowest BCUT2D eigenvalue weighted by molar-refractivity contribution is 0.203. The monoisotopic (exact) mass is 447 g/mol. The Morgan fingerprint density at radius 1 is 1.33 bits per heavy atom. The molecule has 4 rings (SSSR count). The number of imidazole rings is 1. The van der Waals surface area contributed by atoms with Crippen molar-refractivity contribution in [2.24, 2.45) is 5.92 Å². The molecule has 0 radical (unpaired) electrons. The Hall–Kier alpha value is -2.14. The molecule has 0 amide bonds. The highest BCUT2D eigenvalue weighted by molar-refractivity contribution is 9.10. The van der Waals surface area contributed by atoms with Gasteiger partial charge in [-0.25, -0.2) is 4.98 Å². The first-order chi connectivity index (χ1) is 12.8. The Kier molecular flexibility index (Phi) is 6.32. The molecule has 140 valence electrons. The summed E-state index contributed by atoms with van der Waals surface area (Å²) in [7, 11) is 0. The van der Waals surface area contributed by atoms with E-state index in [1.807, 2.05) is 22.7 Å². The number of rotatable bonds is 4. The molecule has 0 saturated carbocycles. The van der Waals surface area contributed by atoms with Crippen LogP contribution in [0.3, 0.4) is 0 Å². The average Bonchev–Trinajstić information content (AvgIpc) is 3.19. The minimum Gasteiger partial charge on any atom is -0.464 e. The van der Waals surface area contributed by atoms with E-state index < -0.39 is 0 Å². The molecule has 1 aliphatic rings. The fourth-order valence-electron chi connectivity index (χ4n) is 3.18. The highest BCUT2D eigenvalue weighted by Gasteiger charge is 2.18. The van der Waals surface area contributed by atoms with Crippen LogP contribution in [-0.4, -0.2) is 34.1 Å². The molecule has 0 unspecified atom stereocenters. The van der Waals surface area contributed by atoms with E-state index >= 15 is 0 Å². The predicted octanol–water partition coefficient (Wildman–Crippen LogP) is 3.83. The number of hydrogen-bond acceptors (Lipinski definition) is 5. The highest BCUT2D eigenvalue weighted by atomic mass is 79.9. The summed E-state index contributed by atoms with van der Waals surface area (Å²) in [6.45, 7) is 2.69. The van der Waals surface area contributed by atoms with Crippen LogP contribution in [0.15, 0.2) is 41.1 Å². The van der Waals surface area contributed by atoms with Crippen LogP contribution in [0.25, 0.3) is 16.9 Å². The van der Waals surface area contributed by atoms with Crippen LogP contribution < -0.4 is 10.1 Å². The number of hydrogen-bond donors (Lipinski definition) is 1. The molecule has 1 saturated heterocycles. The quantitative estimate of drug-likeness (QED) is 0.656. The Morgan fingerprint density at radius 3 is 2.85 bits per heavy atom. The van der Waals surface area contributed by atoms with Crippen LogP contribution in [0.2, 0.25) is 0 Å². The maximum absolute atomic E-state index is 8.99. The third kappa shape index (κ3) is 4.08. The van der Waals surface area contributed by atoms with Gasteiger partial charge in [-0.15, -0.1) is 12.4 Å². The topological polar surface area (TPSA) is 75.2 Å². The van der Waals surface area contributed by atoms with Gasteiger partial charge < -0.3 is 10.1 Å². The smallest absolute Gasteiger partial charge is 0.302 e. The van der Waals surface area contributed by atoms with E-state index in [0.29, 0.717) is 24.1 Å². The maximum Gasteiger partial charge on any atom is 0.302 e. The van der Waals surface area contributed by atoms with Gasteiger partial charge in [0.15, 0.2) is 5.65 Å². The molecule has 1 N–H and O–H groups in total. The third-order valence-electron chi connectivity index (χ3n) is 4.59. The van der Waals surface area contributed by atoms with E-state index in [4.69, 9.17) is 15.0 Å². The number of halogens is 2. The molecule has 8 heteroatoms. The molecule has 27 heavy (non-hydrogen) atoms. The van der Waals surface area contributed by atoms with Gasteiger partial charge in [0.05, 0.1) is 28.4 Å². The lowest BCUT2D eigenvalue weighted by atomic mass is 10.0. The summed E-state index contributed by atoms with van der Waals surface area (Å²) in [5, 5.41) is 12.4. The van der Waals surface area contributed by atoms with E-state index in [0.717, 1.165) is 34.5 Å². The largest absolute Gasteiger partial charge is 0.464 e. The van der Waals surface area contributed by atoms with Gasteiger partial charge in [0.2, 0.25) is 0 Å². The summed E-state index contributed by atoms with van der Waals surface area (Å²) in [4.78, 5) is 9.16. The number of nitriles is 1. The molecule has 1 fully saturated rings. The van der Waals surface area contributed by atoms with E-state index in [1.54, 1.807) is 18.3 Å². The summed E-state index contributed by atoms with van der Waals surface area (Å²) in [5.74, 6) is 0.492. The first kappa shape index (κ1) is 19.6. The van der Waals surface area contributed by atoms with Crippen LogP contribution >= 0.6 is 28.3 Å². The van der Waals surface area contributed by atoms with E-state index in [-0.39, 0.29) is 12.4 Å². The summed E-state index contributed by atoms with van der Waals surface area (Å²) >= 11 is 3.62. The second-order valence-corrected chi connectivity index (χ2v) is 7.18. The van der Waals surface area contributed by atoms with Crippen molar-refractivity contribution in [3.8, 4) is 23.3 Å². The van der Waals surface area contributed by atoms with Crippen LogP contribution in [-0.2, 0) is 0 Å². The summed E-state index contributed by atoms with van der Waals surface area (Å²) in [5.41, 5.74) is 3.04. The highest BCUT2D eigenvalue weighted by Crippen LogP contribution is 2.32. The molecule has 6 nitrogen and oxygen atoms in total. The SMILES string of the molecule is Cl.N#Cc1ccc(-c2nc(OC[C@@H]3CCCNC3)n3ccnc3c2Br)cc1. The van der Waals surface area contributed by atoms with Crippen molar-refractivity contribution in [3.05, 3.63) is 46.7 Å². The number of aromatic nitrogens is 3. The van der Waals surface area contributed by atoms with Crippen molar-refractivity contribution in [3.63, 3.8) is 0 Å². The van der Waals surface area contributed by atoms with Crippen LogP contribution in [0.1, 0.15) is 18.4 Å². The number of benzene rings is 1. The molecule has 3 heterocycles. The number of ether oxygens (including phenoxy) is 1. The second kappa shape index (κ2) is 8.70. The van der Waals surface area contributed by atoms with E-state index in [9.17, 15) is 0 Å². The van der Waals surface area contributed by atoms with Gasteiger partial charge in [-0.2, -0.15) is 10.2 Å². The Balaban J connectivity index is 0.00000210. The van der Waals surface area contributed by atoms with Gasteiger partial charge >= 0.3 is 6.01 Å². The van der Waals surface area contributed by atoms with Gasteiger partial charge in [0, 0.05) is 30.4 Å². The van der Waals surface area contributed by atoms with Crippen molar-refractivity contribution >= 4 is 34.0 Å². The van der Waals surface area contributed by atoms with E-state index in [2.05, 4.69) is 32.3 Å². The lowest BCUT2D eigenvalue weighted by Crippen LogP contribution is -2.33. The summed E-state index contributed by atoms with van der Waals surface area (Å²) in [6.07, 6.45) is 5.93. The Bertz CT molecular complexity index is 961. The van der Waals surface area contributed by atoms with Crippen molar-refractivity contribution in [2.75, 3.05) is 19.7 Å². The lowest BCUT2D eigenvalue weighted by Gasteiger charge is -2.22. The second-order valence-electron chi connectivity index (χ2n) is 6.39. The van der Waals surface area contributed by atoms with E-state index in [1.165, 1.54) is 12.8 Å². The van der Waals surface area contributed by atoms with Crippen molar-refractivity contribution in [2.45, 2.75) is 12.8 Å². The van der Waals surface area contributed by atoms with Crippen LogP contribution in [0.4, 0.5) is 0 Å². The molecule has 1 aromatic carbocycles. The molecule has 3 aromatic rings. The van der Waals surface area contributed by atoms with Gasteiger partial charge in [0.25, 0.3) is 0 Å². The van der Waals surface area contributed by atoms with Gasteiger partial charge in [-0.05, 0) is 47.4 Å². The summed E-state index contributed by atoms with van der Waals surface area (Å²) in [6, 6.07) is 10.0. The molecule has 1 atom stereocenters. The molecule has 0 aliphatic carbocycles. The number of fused-ring (bicyclic) bond motifs is 1.